The van der Waals surface area contributed by atoms with Gasteiger partial charge in [0.15, 0.2) is 0 Å². The first-order valence-electron chi connectivity index (χ1n) is 5.02. The Kier molecular flexibility index (Phi) is 1.86. The third-order valence-corrected chi connectivity index (χ3v) is 4.16. The summed E-state index contributed by atoms with van der Waals surface area (Å²) in [7, 11) is 0. The number of hydrogen-bond donors (Lipinski definition) is 0. The molecule has 0 saturated heterocycles. The maximum atomic E-state index is 11.1. The van der Waals surface area contributed by atoms with Gasteiger partial charge in [0.1, 0.15) is 16.2 Å². The lowest BCUT2D eigenvalue weighted by Crippen LogP contribution is -2.40. The molecular formula is C12H8N2OS. The van der Waals surface area contributed by atoms with Crippen LogP contribution in [-0.2, 0) is 10.2 Å². The first-order chi connectivity index (χ1) is 7.73. The van der Waals surface area contributed by atoms with Crippen molar-refractivity contribution in [3.05, 3.63) is 29.3 Å². The van der Waals surface area contributed by atoms with E-state index in [1.54, 1.807) is 0 Å². The number of Topliss-reactive ketones (excluding diaryl/α,β-unsaturated/α-hetero) is 1. The van der Waals surface area contributed by atoms with Crippen molar-refractivity contribution in [1.82, 2.24) is 4.98 Å². The minimum atomic E-state index is -0.638. The summed E-state index contributed by atoms with van der Waals surface area (Å²) in [5, 5.41) is 9.99. The summed E-state index contributed by atoms with van der Waals surface area (Å²) < 4.78 is 1.08. The number of para-hydroxylation sites is 1. The predicted octanol–water partition coefficient (Wildman–Crippen LogP) is 2.42. The molecule has 1 aliphatic rings. The molecule has 0 atom stereocenters. The van der Waals surface area contributed by atoms with Gasteiger partial charge in [-0.2, -0.15) is 5.26 Å². The van der Waals surface area contributed by atoms with Crippen molar-refractivity contribution >= 4 is 27.3 Å². The Labute approximate surface area is 96.3 Å². The van der Waals surface area contributed by atoms with Gasteiger partial charge < -0.3 is 0 Å². The summed E-state index contributed by atoms with van der Waals surface area (Å²) in [6.45, 7) is 0. The Morgan fingerprint density at radius 3 is 2.75 bits per heavy atom. The smallest absolute Gasteiger partial charge is 0.136 e. The van der Waals surface area contributed by atoms with E-state index in [9.17, 15) is 10.1 Å². The van der Waals surface area contributed by atoms with E-state index >= 15 is 0 Å². The van der Waals surface area contributed by atoms with E-state index in [4.69, 9.17) is 0 Å². The molecule has 1 saturated carbocycles. The van der Waals surface area contributed by atoms with Crippen LogP contribution in [0, 0.1) is 11.3 Å². The van der Waals surface area contributed by atoms with Gasteiger partial charge in [-0.05, 0) is 12.1 Å². The van der Waals surface area contributed by atoms with Crippen LogP contribution >= 0.6 is 11.3 Å². The van der Waals surface area contributed by atoms with E-state index in [0.717, 1.165) is 15.2 Å². The molecule has 1 aromatic heterocycles. The zero-order chi connectivity index (χ0) is 11.2. The number of carbonyl (C=O) groups is 1. The molecule has 1 fully saturated rings. The van der Waals surface area contributed by atoms with E-state index in [1.165, 1.54) is 11.3 Å². The molecule has 0 amide bonds. The maximum Gasteiger partial charge on any atom is 0.136 e. The zero-order valence-electron chi connectivity index (χ0n) is 8.43. The largest absolute Gasteiger partial charge is 0.300 e. The lowest BCUT2D eigenvalue weighted by Gasteiger charge is -2.31. The van der Waals surface area contributed by atoms with E-state index in [-0.39, 0.29) is 5.78 Å². The summed E-state index contributed by atoms with van der Waals surface area (Å²) in [5.41, 5.74) is 0.275. The third-order valence-electron chi connectivity index (χ3n) is 2.92. The van der Waals surface area contributed by atoms with Crippen LogP contribution in [0.2, 0.25) is 0 Å². The molecule has 0 bridgehead atoms. The molecule has 1 heterocycles. The number of fused-ring (bicyclic) bond motifs is 1. The second-order valence-electron chi connectivity index (χ2n) is 4.07. The number of nitriles is 1. The highest BCUT2D eigenvalue weighted by Crippen LogP contribution is 2.43. The number of aromatic nitrogens is 1. The van der Waals surface area contributed by atoms with Gasteiger partial charge >= 0.3 is 0 Å². The Hall–Kier alpha value is -1.73. The average Bonchev–Trinajstić information content (AvgIpc) is 2.68. The molecule has 78 valence electrons. The molecule has 0 N–H and O–H groups in total. The number of hydrogen-bond acceptors (Lipinski definition) is 4. The molecule has 0 radical (unpaired) electrons. The van der Waals surface area contributed by atoms with Gasteiger partial charge in [-0.3, -0.25) is 4.79 Å². The molecule has 0 unspecified atom stereocenters. The van der Waals surface area contributed by atoms with Crippen molar-refractivity contribution in [2.75, 3.05) is 0 Å². The van der Waals surface area contributed by atoms with E-state index < -0.39 is 5.41 Å². The monoisotopic (exact) mass is 228 g/mol. The summed E-state index contributed by atoms with van der Waals surface area (Å²) in [5.74, 6) is 0.154. The van der Waals surface area contributed by atoms with E-state index in [1.807, 2.05) is 24.3 Å². The fraction of sp³-hybridized carbons (Fsp3) is 0.250. The highest BCUT2D eigenvalue weighted by Gasteiger charge is 2.47. The quantitative estimate of drug-likeness (QED) is 0.753. The van der Waals surface area contributed by atoms with Crippen LogP contribution in [0.3, 0.4) is 0 Å². The number of benzene rings is 1. The Morgan fingerprint density at radius 2 is 2.12 bits per heavy atom. The number of rotatable bonds is 1. The minimum absolute atomic E-state index is 0.154. The van der Waals surface area contributed by atoms with Crippen LogP contribution in [0.5, 0.6) is 0 Å². The number of carbonyl (C=O) groups excluding carboxylic acids is 1. The van der Waals surface area contributed by atoms with Gasteiger partial charge in [0, 0.05) is 12.8 Å². The van der Waals surface area contributed by atoms with Gasteiger partial charge in [0.2, 0.25) is 0 Å². The van der Waals surface area contributed by atoms with Crippen molar-refractivity contribution in [1.29, 1.82) is 5.26 Å². The van der Waals surface area contributed by atoms with Crippen molar-refractivity contribution in [3.8, 4) is 6.07 Å². The molecular weight excluding hydrogens is 220 g/mol. The molecule has 4 heteroatoms. The fourth-order valence-corrected chi connectivity index (χ4v) is 3.08. The molecule has 1 aromatic carbocycles. The third kappa shape index (κ3) is 1.18. The lowest BCUT2D eigenvalue weighted by molar-refractivity contribution is -0.126. The van der Waals surface area contributed by atoms with Crippen molar-refractivity contribution in [2.45, 2.75) is 18.3 Å². The lowest BCUT2D eigenvalue weighted by atomic mass is 9.69. The maximum absolute atomic E-state index is 11.1. The average molecular weight is 228 g/mol. The number of nitrogens with zero attached hydrogens (tertiary/aromatic N) is 2. The van der Waals surface area contributed by atoms with Crippen molar-refractivity contribution in [2.24, 2.45) is 0 Å². The predicted molar refractivity (Wildman–Crippen MR) is 61.2 cm³/mol. The minimum Gasteiger partial charge on any atom is -0.300 e. The Bertz CT molecular complexity index is 582. The first-order valence-corrected chi connectivity index (χ1v) is 5.84. The molecule has 1 aliphatic carbocycles. The van der Waals surface area contributed by atoms with Gasteiger partial charge in [0.25, 0.3) is 0 Å². The summed E-state index contributed by atoms with van der Waals surface area (Å²) in [4.78, 5) is 15.5. The fourth-order valence-electron chi connectivity index (χ4n) is 1.98. The normalized spacial score (nSPS) is 18.1. The van der Waals surface area contributed by atoms with Crippen LogP contribution in [0.1, 0.15) is 17.8 Å². The Morgan fingerprint density at radius 1 is 1.38 bits per heavy atom. The summed E-state index contributed by atoms with van der Waals surface area (Å²) in [6, 6.07) is 10.1. The summed E-state index contributed by atoms with van der Waals surface area (Å²) in [6.07, 6.45) is 0.645. The van der Waals surface area contributed by atoms with Crippen LogP contribution in [0.25, 0.3) is 10.2 Å². The van der Waals surface area contributed by atoms with Crippen LogP contribution in [0.15, 0.2) is 24.3 Å². The SMILES string of the molecule is N#CC1(c2nc3ccccc3s2)CC(=O)C1. The standard InChI is InChI=1S/C12H8N2OS/c13-7-12(5-8(15)6-12)11-14-9-3-1-2-4-10(9)16-11/h1-4H,5-6H2. The molecule has 3 rings (SSSR count). The van der Waals surface area contributed by atoms with Gasteiger partial charge in [0.05, 0.1) is 16.3 Å². The van der Waals surface area contributed by atoms with E-state index in [0.29, 0.717) is 12.8 Å². The highest BCUT2D eigenvalue weighted by molar-refractivity contribution is 7.18. The van der Waals surface area contributed by atoms with Gasteiger partial charge in [-0.25, -0.2) is 4.98 Å². The second-order valence-corrected chi connectivity index (χ2v) is 5.10. The van der Waals surface area contributed by atoms with Crippen LogP contribution in [-0.4, -0.2) is 10.8 Å². The van der Waals surface area contributed by atoms with E-state index in [2.05, 4.69) is 11.1 Å². The van der Waals surface area contributed by atoms with Crippen molar-refractivity contribution < 1.29 is 4.79 Å². The van der Waals surface area contributed by atoms with Gasteiger partial charge in [-0.1, -0.05) is 12.1 Å². The molecule has 16 heavy (non-hydrogen) atoms. The number of thiazole rings is 1. The van der Waals surface area contributed by atoms with Crippen molar-refractivity contribution in [3.63, 3.8) is 0 Å². The van der Waals surface area contributed by atoms with Gasteiger partial charge in [-0.15, -0.1) is 11.3 Å². The van der Waals surface area contributed by atoms with Crippen LogP contribution in [0.4, 0.5) is 0 Å². The Balaban J connectivity index is 2.13. The molecule has 3 nitrogen and oxygen atoms in total. The summed E-state index contributed by atoms with van der Waals surface area (Å²) >= 11 is 1.52. The molecule has 0 spiro atoms. The second kappa shape index (κ2) is 3.13. The molecule has 0 aliphatic heterocycles. The zero-order valence-corrected chi connectivity index (χ0v) is 9.25. The molecule has 2 aromatic rings. The highest BCUT2D eigenvalue weighted by atomic mass is 32.1. The topological polar surface area (TPSA) is 53.8 Å². The number of ketones is 1. The first kappa shape index (κ1) is 9.49. The van der Waals surface area contributed by atoms with Crippen LogP contribution < -0.4 is 0 Å².